The molecule has 2 heterocycles. The Kier molecular flexibility index (Phi) is 6.73. The third kappa shape index (κ3) is 5.28. The van der Waals surface area contributed by atoms with Crippen LogP contribution < -0.4 is 15.6 Å². The Morgan fingerprint density at radius 2 is 1.83 bits per heavy atom. The third-order valence-corrected chi connectivity index (χ3v) is 4.49. The molecule has 0 spiro atoms. The van der Waals surface area contributed by atoms with Gasteiger partial charge < -0.3 is 10.1 Å². The summed E-state index contributed by atoms with van der Waals surface area (Å²) in [7, 11) is 0. The van der Waals surface area contributed by atoms with E-state index in [1.165, 1.54) is 10.7 Å². The van der Waals surface area contributed by atoms with E-state index in [0.29, 0.717) is 25.3 Å². The maximum atomic E-state index is 12.5. The Balaban J connectivity index is 1.69. The van der Waals surface area contributed by atoms with Crippen molar-refractivity contribution in [2.24, 2.45) is 0 Å². The molecule has 0 saturated heterocycles. The van der Waals surface area contributed by atoms with Gasteiger partial charge in [-0.3, -0.25) is 14.6 Å². The second kappa shape index (κ2) is 9.64. The van der Waals surface area contributed by atoms with Crippen LogP contribution in [0.3, 0.4) is 0 Å². The predicted molar refractivity (Wildman–Crippen MR) is 111 cm³/mol. The molecule has 0 saturated carbocycles. The van der Waals surface area contributed by atoms with Crippen molar-refractivity contribution in [2.45, 2.75) is 26.3 Å². The van der Waals surface area contributed by atoms with Crippen LogP contribution in [-0.2, 0) is 11.2 Å². The summed E-state index contributed by atoms with van der Waals surface area (Å²) >= 11 is 0. The zero-order valence-corrected chi connectivity index (χ0v) is 16.5. The number of benzene rings is 1. The van der Waals surface area contributed by atoms with Gasteiger partial charge in [-0.1, -0.05) is 0 Å². The number of hydrogen-bond acceptors (Lipinski definition) is 5. The van der Waals surface area contributed by atoms with E-state index < -0.39 is 6.04 Å². The van der Waals surface area contributed by atoms with Crippen molar-refractivity contribution in [1.29, 1.82) is 0 Å². The number of carbonyl (C=O) groups excluding carboxylic acids is 1. The maximum Gasteiger partial charge on any atom is 0.267 e. The normalized spacial score (nSPS) is 11.7. The minimum absolute atomic E-state index is 0.252. The summed E-state index contributed by atoms with van der Waals surface area (Å²) in [5, 5.41) is 7.26. The van der Waals surface area contributed by atoms with Gasteiger partial charge in [-0.2, -0.15) is 5.10 Å². The minimum atomic E-state index is -0.720. The highest BCUT2D eigenvalue weighted by molar-refractivity contribution is 5.79. The second-order valence-corrected chi connectivity index (χ2v) is 6.53. The van der Waals surface area contributed by atoms with Crippen molar-refractivity contribution in [2.75, 3.05) is 13.2 Å². The van der Waals surface area contributed by atoms with Crippen molar-refractivity contribution in [1.82, 2.24) is 20.1 Å². The average molecular weight is 392 g/mol. The second-order valence-electron chi connectivity index (χ2n) is 6.53. The van der Waals surface area contributed by atoms with Crippen LogP contribution in [0.25, 0.3) is 11.3 Å². The number of amides is 1. The van der Waals surface area contributed by atoms with Gasteiger partial charge in [0.25, 0.3) is 5.56 Å². The Bertz CT molecular complexity index is 1000. The van der Waals surface area contributed by atoms with Gasteiger partial charge in [-0.25, -0.2) is 4.68 Å². The fourth-order valence-corrected chi connectivity index (χ4v) is 2.88. The van der Waals surface area contributed by atoms with Crippen LogP contribution in [0.5, 0.6) is 5.75 Å². The maximum absolute atomic E-state index is 12.5. The lowest BCUT2D eigenvalue weighted by atomic mass is 10.1. The van der Waals surface area contributed by atoms with E-state index in [-0.39, 0.29) is 11.5 Å². The van der Waals surface area contributed by atoms with Crippen LogP contribution in [0.4, 0.5) is 0 Å². The van der Waals surface area contributed by atoms with E-state index in [1.54, 1.807) is 25.4 Å². The summed E-state index contributed by atoms with van der Waals surface area (Å²) in [6, 6.07) is 13.6. The average Bonchev–Trinajstić information content (AvgIpc) is 2.75. The summed E-state index contributed by atoms with van der Waals surface area (Å²) in [5.74, 6) is 0.518. The number of aromatic nitrogens is 3. The lowest BCUT2D eigenvalue weighted by molar-refractivity contribution is -0.124. The highest BCUT2D eigenvalue weighted by Crippen LogP contribution is 2.20. The van der Waals surface area contributed by atoms with Crippen LogP contribution in [-0.4, -0.2) is 33.8 Å². The van der Waals surface area contributed by atoms with Crippen molar-refractivity contribution in [3.63, 3.8) is 0 Å². The van der Waals surface area contributed by atoms with Gasteiger partial charge in [0.05, 0.1) is 12.3 Å². The molecule has 150 valence electrons. The first-order valence-electron chi connectivity index (χ1n) is 9.58. The van der Waals surface area contributed by atoms with Gasteiger partial charge >= 0.3 is 0 Å². The molecule has 7 heteroatoms. The lowest BCUT2D eigenvalue weighted by Gasteiger charge is -2.15. The highest BCUT2D eigenvalue weighted by atomic mass is 16.5. The monoisotopic (exact) mass is 392 g/mol. The van der Waals surface area contributed by atoms with Gasteiger partial charge in [0.2, 0.25) is 5.91 Å². The molecule has 0 aliphatic heterocycles. The van der Waals surface area contributed by atoms with Gasteiger partial charge in [0.15, 0.2) is 0 Å². The topological polar surface area (TPSA) is 86.1 Å². The molecule has 1 amide bonds. The Morgan fingerprint density at radius 1 is 1.10 bits per heavy atom. The number of hydrogen-bond donors (Lipinski definition) is 1. The number of pyridine rings is 1. The first-order valence-corrected chi connectivity index (χ1v) is 9.58. The molecule has 3 rings (SSSR count). The first kappa shape index (κ1) is 20.3. The fraction of sp³-hybridized carbons (Fsp3) is 0.273. The molecule has 0 bridgehead atoms. The third-order valence-electron chi connectivity index (χ3n) is 4.49. The van der Waals surface area contributed by atoms with Crippen molar-refractivity contribution < 1.29 is 9.53 Å². The quantitative estimate of drug-likeness (QED) is 0.637. The zero-order valence-electron chi connectivity index (χ0n) is 16.5. The van der Waals surface area contributed by atoms with E-state index in [2.05, 4.69) is 15.4 Å². The SMILES string of the molecule is CCOc1ccc(-c2ccc(=O)n(C(C)C(=O)NCCc3ccncc3)n2)cc1. The standard InChI is InChI=1S/C22H24N4O3/c1-3-29-19-6-4-18(5-7-19)20-8-9-21(27)26(25-20)16(2)22(28)24-15-12-17-10-13-23-14-11-17/h4-11,13-14,16H,3,12,15H2,1-2H3,(H,24,28). The first-order chi connectivity index (χ1) is 14.1. The number of nitrogens with zero attached hydrogens (tertiary/aromatic N) is 3. The molecule has 1 aromatic carbocycles. The van der Waals surface area contributed by atoms with Crippen LogP contribution in [0.15, 0.2) is 65.7 Å². The van der Waals surface area contributed by atoms with Crippen LogP contribution in [0.1, 0.15) is 25.5 Å². The molecule has 1 atom stereocenters. The summed E-state index contributed by atoms with van der Waals surface area (Å²) in [5.41, 5.74) is 2.22. The summed E-state index contributed by atoms with van der Waals surface area (Å²) in [4.78, 5) is 28.8. The molecule has 0 aliphatic rings. The molecule has 2 aromatic heterocycles. The van der Waals surface area contributed by atoms with Gasteiger partial charge in [0, 0.05) is 30.6 Å². The van der Waals surface area contributed by atoms with E-state index in [1.807, 2.05) is 43.3 Å². The van der Waals surface area contributed by atoms with E-state index in [0.717, 1.165) is 16.9 Å². The Morgan fingerprint density at radius 3 is 2.52 bits per heavy atom. The summed E-state index contributed by atoms with van der Waals surface area (Å²) in [6.07, 6.45) is 4.13. The molecule has 1 N–H and O–H groups in total. The highest BCUT2D eigenvalue weighted by Gasteiger charge is 2.17. The molecule has 0 aliphatic carbocycles. The summed E-state index contributed by atoms with van der Waals surface area (Å²) in [6.45, 7) is 4.66. The predicted octanol–water partition coefficient (Wildman–Crippen LogP) is 2.62. The smallest absolute Gasteiger partial charge is 0.267 e. The molecule has 0 fully saturated rings. The summed E-state index contributed by atoms with van der Waals surface area (Å²) < 4.78 is 6.66. The van der Waals surface area contributed by atoms with Gasteiger partial charge in [-0.15, -0.1) is 0 Å². The van der Waals surface area contributed by atoms with E-state index in [4.69, 9.17) is 4.74 Å². The van der Waals surface area contributed by atoms with Crippen molar-refractivity contribution in [3.05, 3.63) is 76.8 Å². The molecular formula is C22H24N4O3. The molecular weight excluding hydrogens is 368 g/mol. The number of carbonyl (C=O) groups is 1. The zero-order chi connectivity index (χ0) is 20.6. The van der Waals surface area contributed by atoms with Gasteiger partial charge in [-0.05, 0) is 68.3 Å². The van der Waals surface area contributed by atoms with Crippen molar-refractivity contribution >= 4 is 5.91 Å². The number of nitrogens with one attached hydrogen (secondary N) is 1. The van der Waals surface area contributed by atoms with Crippen LogP contribution in [0.2, 0.25) is 0 Å². The number of ether oxygens (including phenoxy) is 1. The Hall–Kier alpha value is -3.48. The lowest BCUT2D eigenvalue weighted by Crippen LogP contribution is -2.37. The molecule has 29 heavy (non-hydrogen) atoms. The molecule has 7 nitrogen and oxygen atoms in total. The van der Waals surface area contributed by atoms with Gasteiger partial charge in [0.1, 0.15) is 11.8 Å². The van der Waals surface area contributed by atoms with Crippen LogP contribution >= 0.6 is 0 Å². The number of rotatable bonds is 8. The largest absolute Gasteiger partial charge is 0.494 e. The molecule has 3 aromatic rings. The molecule has 1 unspecified atom stereocenters. The molecule has 0 radical (unpaired) electrons. The van der Waals surface area contributed by atoms with E-state index in [9.17, 15) is 9.59 Å². The van der Waals surface area contributed by atoms with Crippen LogP contribution in [0, 0.1) is 0 Å². The van der Waals surface area contributed by atoms with Crippen molar-refractivity contribution in [3.8, 4) is 17.0 Å². The Labute approximate surface area is 169 Å². The van der Waals surface area contributed by atoms with E-state index >= 15 is 0 Å². The fourth-order valence-electron chi connectivity index (χ4n) is 2.88. The minimum Gasteiger partial charge on any atom is -0.494 e.